The van der Waals surface area contributed by atoms with Crippen molar-refractivity contribution in [2.45, 2.75) is 6.54 Å². The van der Waals surface area contributed by atoms with Crippen LogP contribution >= 0.6 is 0 Å². The SMILES string of the molecule is O=C1c2ccccc2C(=O)N1N1C(=O)C=NCc2ccccc21. The fourth-order valence-corrected chi connectivity index (χ4v) is 2.81. The molecule has 0 spiro atoms. The average Bonchev–Trinajstić information content (AvgIpc) is 2.72. The van der Waals surface area contributed by atoms with Gasteiger partial charge in [0.2, 0.25) is 0 Å². The number of amides is 3. The van der Waals surface area contributed by atoms with Gasteiger partial charge in [0.15, 0.2) is 0 Å². The van der Waals surface area contributed by atoms with Crippen molar-refractivity contribution in [2.75, 3.05) is 5.01 Å². The number of aliphatic imine (C=N–C) groups is 1. The number of hydrogen-bond acceptors (Lipinski definition) is 4. The van der Waals surface area contributed by atoms with Crippen molar-refractivity contribution in [3.05, 3.63) is 65.2 Å². The van der Waals surface area contributed by atoms with E-state index in [4.69, 9.17) is 0 Å². The van der Waals surface area contributed by atoms with Crippen LogP contribution in [0.4, 0.5) is 5.69 Å². The zero-order valence-corrected chi connectivity index (χ0v) is 12.0. The third-order valence-electron chi connectivity index (χ3n) is 3.86. The van der Waals surface area contributed by atoms with Gasteiger partial charge in [-0.2, -0.15) is 5.01 Å². The summed E-state index contributed by atoms with van der Waals surface area (Å²) in [5, 5.41) is 2.00. The van der Waals surface area contributed by atoms with Crippen LogP contribution in [0.1, 0.15) is 26.3 Å². The summed E-state index contributed by atoms with van der Waals surface area (Å²) in [6, 6.07) is 13.6. The van der Waals surface area contributed by atoms with Crippen LogP contribution in [0.15, 0.2) is 53.5 Å². The predicted octanol–water partition coefficient (Wildman–Crippen LogP) is 1.82. The largest absolute Gasteiger partial charge is 0.288 e. The number of hydrogen-bond donors (Lipinski definition) is 0. The lowest BCUT2D eigenvalue weighted by Crippen LogP contribution is -2.50. The van der Waals surface area contributed by atoms with Crippen molar-refractivity contribution >= 4 is 29.6 Å². The minimum atomic E-state index is -0.524. The fraction of sp³-hybridized carbons (Fsp3) is 0.0588. The number of anilines is 1. The molecule has 0 N–H and O–H groups in total. The van der Waals surface area contributed by atoms with E-state index in [1.807, 2.05) is 12.1 Å². The topological polar surface area (TPSA) is 70.1 Å². The molecule has 0 aromatic heterocycles. The van der Waals surface area contributed by atoms with Crippen LogP contribution in [0.2, 0.25) is 0 Å². The molecule has 2 aromatic carbocycles. The van der Waals surface area contributed by atoms with E-state index < -0.39 is 17.7 Å². The van der Waals surface area contributed by atoms with Crippen LogP contribution in [-0.4, -0.2) is 28.9 Å². The highest BCUT2D eigenvalue weighted by Gasteiger charge is 2.42. The summed E-state index contributed by atoms with van der Waals surface area (Å²) >= 11 is 0. The fourth-order valence-electron chi connectivity index (χ4n) is 2.81. The second-order valence-corrected chi connectivity index (χ2v) is 5.22. The molecule has 2 heterocycles. The van der Waals surface area contributed by atoms with Crippen molar-refractivity contribution in [1.82, 2.24) is 5.01 Å². The molecule has 0 saturated carbocycles. The Bertz CT molecular complexity index is 853. The summed E-state index contributed by atoms with van der Waals surface area (Å²) in [7, 11) is 0. The smallest absolute Gasteiger partial charge is 0.283 e. The molecule has 23 heavy (non-hydrogen) atoms. The minimum absolute atomic E-state index is 0.295. The van der Waals surface area contributed by atoms with Crippen molar-refractivity contribution in [2.24, 2.45) is 4.99 Å². The van der Waals surface area contributed by atoms with Crippen LogP contribution < -0.4 is 5.01 Å². The molecule has 0 atom stereocenters. The summed E-state index contributed by atoms with van der Waals surface area (Å²) in [6.45, 7) is 0.321. The van der Waals surface area contributed by atoms with E-state index >= 15 is 0 Å². The lowest BCUT2D eigenvalue weighted by Gasteiger charge is -2.29. The molecule has 2 aromatic rings. The Kier molecular flexibility index (Phi) is 2.84. The first-order valence-corrected chi connectivity index (χ1v) is 7.08. The minimum Gasteiger partial charge on any atom is -0.283 e. The van der Waals surface area contributed by atoms with Crippen LogP contribution in [0.3, 0.4) is 0 Å². The molecule has 0 saturated heterocycles. The Hall–Kier alpha value is -3.28. The van der Waals surface area contributed by atoms with Gasteiger partial charge in [-0.1, -0.05) is 30.3 Å². The molecule has 6 nitrogen and oxygen atoms in total. The molecule has 0 aliphatic carbocycles. The number of hydrazine groups is 1. The van der Waals surface area contributed by atoms with Crippen LogP contribution in [-0.2, 0) is 11.3 Å². The molecule has 4 rings (SSSR count). The highest BCUT2D eigenvalue weighted by molar-refractivity contribution is 6.36. The number of benzene rings is 2. The normalized spacial score (nSPS) is 16.4. The average molecular weight is 305 g/mol. The van der Waals surface area contributed by atoms with E-state index in [9.17, 15) is 14.4 Å². The molecule has 0 bridgehead atoms. The molecule has 3 amide bonds. The van der Waals surface area contributed by atoms with E-state index in [1.165, 1.54) is 0 Å². The maximum absolute atomic E-state index is 12.6. The number of carbonyl (C=O) groups is 3. The zero-order chi connectivity index (χ0) is 16.0. The van der Waals surface area contributed by atoms with Crippen LogP contribution in [0.5, 0.6) is 0 Å². The Morgan fingerprint density at radius 1 is 0.783 bits per heavy atom. The van der Waals surface area contributed by atoms with Gasteiger partial charge >= 0.3 is 0 Å². The van der Waals surface area contributed by atoms with Gasteiger partial charge in [0.05, 0.1) is 29.6 Å². The second-order valence-electron chi connectivity index (χ2n) is 5.22. The summed E-state index contributed by atoms with van der Waals surface area (Å²) in [5.41, 5.74) is 1.85. The first kappa shape index (κ1) is 13.4. The van der Waals surface area contributed by atoms with Gasteiger partial charge in [-0.15, -0.1) is 0 Å². The lowest BCUT2D eigenvalue weighted by molar-refractivity contribution is -0.114. The molecular formula is C17H11N3O3. The maximum Gasteiger partial charge on any atom is 0.288 e. The lowest BCUT2D eigenvalue weighted by atomic mass is 10.1. The number of carbonyl (C=O) groups excluding carboxylic acids is 3. The monoisotopic (exact) mass is 305 g/mol. The van der Waals surface area contributed by atoms with Crippen LogP contribution in [0, 0.1) is 0 Å². The molecule has 112 valence electrons. The van der Waals surface area contributed by atoms with Gasteiger partial charge in [0.1, 0.15) is 0 Å². The van der Waals surface area contributed by atoms with Crippen molar-refractivity contribution < 1.29 is 14.4 Å². The first-order chi connectivity index (χ1) is 11.2. The summed E-state index contributed by atoms with van der Waals surface area (Å²) in [5.74, 6) is -1.54. The first-order valence-electron chi connectivity index (χ1n) is 7.08. The quantitative estimate of drug-likeness (QED) is 0.755. The summed E-state index contributed by atoms with van der Waals surface area (Å²) in [6.07, 6.45) is 1.14. The number of fused-ring (bicyclic) bond motifs is 2. The van der Waals surface area contributed by atoms with E-state index in [0.29, 0.717) is 23.4 Å². The molecule has 2 aliphatic rings. The third-order valence-corrected chi connectivity index (χ3v) is 3.86. The molecule has 6 heteroatoms. The number of nitrogens with zero attached hydrogens (tertiary/aromatic N) is 3. The highest BCUT2D eigenvalue weighted by atomic mass is 16.2. The molecule has 2 aliphatic heterocycles. The highest BCUT2D eigenvalue weighted by Crippen LogP contribution is 2.30. The summed E-state index contributed by atoms with van der Waals surface area (Å²) < 4.78 is 0. The Balaban J connectivity index is 1.88. The van der Waals surface area contributed by atoms with Crippen molar-refractivity contribution in [3.63, 3.8) is 0 Å². The maximum atomic E-state index is 12.6. The molecular weight excluding hydrogens is 294 g/mol. The van der Waals surface area contributed by atoms with Gasteiger partial charge in [0.25, 0.3) is 17.7 Å². The molecule has 0 unspecified atom stereocenters. The standard InChI is InChI=1S/C17H11N3O3/c21-15-10-18-9-11-5-1-4-8-14(11)19(15)20-16(22)12-6-2-3-7-13(12)17(20)23/h1-8,10H,9H2. The predicted molar refractivity (Wildman–Crippen MR) is 83.1 cm³/mol. The number of rotatable bonds is 1. The van der Waals surface area contributed by atoms with Crippen molar-refractivity contribution in [3.8, 4) is 0 Å². The van der Waals surface area contributed by atoms with Gasteiger partial charge in [0, 0.05) is 0 Å². The van der Waals surface area contributed by atoms with E-state index in [-0.39, 0.29) is 0 Å². The zero-order valence-electron chi connectivity index (χ0n) is 12.0. The van der Waals surface area contributed by atoms with Crippen molar-refractivity contribution in [1.29, 1.82) is 0 Å². The molecule has 0 radical (unpaired) electrons. The third kappa shape index (κ3) is 1.88. The van der Waals surface area contributed by atoms with Gasteiger partial charge in [-0.25, -0.2) is 5.01 Å². The van der Waals surface area contributed by atoms with Gasteiger partial charge in [-0.3, -0.25) is 19.4 Å². The van der Waals surface area contributed by atoms with E-state index in [1.54, 1.807) is 36.4 Å². The second kappa shape index (κ2) is 4.88. The van der Waals surface area contributed by atoms with Crippen LogP contribution in [0.25, 0.3) is 0 Å². The summed E-state index contributed by atoms with van der Waals surface area (Å²) in [4.78, 5) is 41.8. The molecule has 0 fully saturated rings. The Morgan fingerprint density at radius 2 is 1.39 bits per heavy atom. The Morgan fingerprint density at radius 3 is 2.09 bits per heavy atom. The van der Waals surface area contributed by atoms with E-state index in [0.717, 1.165) is 21.8 Å². The number of imide groups is 1. The Labute approximate surface area is 131 Å². The van der Waals surface area contributed by atoms with Gasteiger partial charge < -0.3 is 0 Å². The van der Waals surface area contributed by atoms with E-state index in [2.05, 4.69) is 4.99 Å². The van der Waals surface area contributed by atoms with Gasteiger partial charge in [-0.05, 0) is 23.8 Å². The number of para-hydroxylation sites is 1.